The largest absolute Gasteiger partial charge is 0.330 e. The van der Waals surface area contributed by atoms with Gasteiger partial charge in [-0.1, -0.05) is 29.5 Å². The summed E-state index contributed by atoms with van der Waals surface area (Å²) in [6, 6.07) is 8.86. The van der Waals surface area contributed by atoms with Gasteiger partial charge in [0.15, 0.2) is 5.69 Å². The molecule has 0 saturated carbocycles. The Kier molecular flexibility index (Phi) is 4.76. The fourth-order valence-electron chi connectivity index (χ4n) is 4.37. The van der Waals surface area contributed by atoms with E-state index >= 15 is 0 Å². The zero-order chi connectivity index (χ0) is 18.1. The average molecular weight is 353 g/mol. The predicted octanol–water partition coefficient (Wildman–Crippen LogP) is 2.80. The first kappa shape index (κ1) is 17.2. The summed E-state index contributed by atoms with van der Waals surface area (Å²) >= 11 is 0. The number of carbonyl (C=O) groups is 1. The zero-order valence-corrected chi connectivity index (χ0v) is 15.6. The van der Waals surface area contributed by atoms with Gasteiger partial charge in [0, 0.05) is 6.54 Å². The van der Waals surface area contributed by atoms with Crippen LogP contribution in [0.15, 0.2) is 24.3 Å². The summed E-state index contributed by atoms with van der Waals surface area (Å²) in [4.78, 5) is 15.2. The number of amides is 1. The molecule has 0 bridgehead atoms. The summed E-state index contributed by atoms with van der Waals surface area (Å²) in [5, 5.41) is 12.0. The molecule has 26 heavy (non-hydrogen) atoms. The van der Waals surface area contributed by atoms with Gasteiger partial charge in [-0.15, -0.1) is 5.10 Å². The van der Waals surface area contributed by atoms with Crippen LogP contribution in [-0.4, -0.2) is 45.4 Å². The number of aryl methyl sites for hydroxylation is 1. The number of nitrogens with zero attached hydrogens (tertiary/aromatic N) is 4. The van der Waals surface area contributed by atoms with Crippen molar-refractivity contribution >= 4 is 5.91 Å². The average Bonchev–Trinajstić information content (AvgIpc) is 3.29. The predicted molar refractivity (Wildman–Crippen MR) is 100 cm³/mol. The van der Waals surface area contributed by atoms with Crippen LogP contribution in [0.3, 0.4) is 0 Å². The molecular formula is C20H27N5O. The SMILES string of the molecule is Cc1ccccc1C1CCCN1C(=O)c1nnn(C2CCNCC2)c1C. The lowest BCUT2D eigenvalue weighted by molar-refractivity contribution is 0.0728. The maximum atomic E-state index is 13.3. The van der Waals surface area contributed by atoms with Crippen LogP contribution in [0.4, 0.5) is 0 Å². The van der Waals surface area contributed by atoms with Gasteiger partial charge < -0.3 is 10.2 Å². The van der Waals surface area contributed by atoms with Crippen LogP contribution in [-0.2, 0) is 0 Å². The molecule has 2 aliphatic heterocycles. The molecule has 3 heterocycles. The van der Waals surface area contributed by atoms with Crippen molar-refractivity contribution in [3.8, 4) is 0 Å². The van der Waals surface area contributed by atoms with Crippen LogP contribution in [0.2, 0.25) is 0 Å². The summed E-state index contributed by atoms with van der Waals surface area (Å²) in [6.07, 6.45) is 4.12. The molecule has 1 aromatic heterocycles. The Hall–Kier alpha value is -2.21. The summed E-state index contributed by atoms with van der Waals surface area (Å²) in [5.74, 6) is 0.0217. The molecule has 1 N–H and O–H groups in total. The first-order chi connectivity index (χ1) is 12.7. The maximum absolute atomic E-state index is 13.3. The van der Waals surface area contributed by atoms with E-state index in [1.54, 1.807) is 0 Å². The van der Waals surface area contributed by atoms with Crippen molar-refractivity contribution < 1.29 is 4.79 Å². The van der Waals surface area contributed by atoms with E-state index < -0.39 is 0 Å². The van der Waals surface area contributed by atoms with Crippen molar-refractivity contribution in [1.82, 2.24) is 25.2 Å². The third-order valence-electron chi connectivity index (χ3n) is 5.85. The number of likely N-dealkylation sites (tertiary alicyclic amines) is 1. The molecule has 0 spiro atoms. The maximum Gasteiger partial charge on any atom is 0.276 e. The van der Waals surface area contributed by atoms with E-state index in [1.807, 2.05) is 16.5 Å². The minimum Gasteiger partial charge on any atom is -0.330 e. The van der Waals surface area contributed by atoms with Crippen molar-refractivity contribution in [2.75, 3.05) is 19.6 Å². The third-order valence-corrected chi connectivity index (χ3v) is 5.85. The van der Waals surface area contributed by atoms with Crippen LogP contribution in [0.5, 0.6) is 0 Å². The topological polar surface area (TPSA) is 63.1 Å². The quantitative estimate of drug-likeness (QED) is 0.922. The molecule has 1 unspecified atom stereocenters. The van der Waals surface area contributed by atoms with Crippen LogP contribution < -0.4 is 5.32 Å². The Morgan fingerprint density at radius 1 is 1.15 bits per heavy atom. The summed E-state index contributed by atoms with van der Waals surface area (Å²) in [6.45, 7) is 6.88. The van der Waals surface area contributed by atoms with E-state index in [2.05, 4.69) is 46.8 Å². The molecule has 6 nitrogen and oxygen atoms in total. The third kappa shape index (κ3) is 3.03. The fourth-order valence-corrected chi connectivity index (χ4v) is 4.37. The molecule has 0 radical (unpaired) electrons. The highest BCUT2D eigenvalue weighted by atomic mass is 16.2. The highest BCUT2D eigenvalue weighted by molar-refractivity contribution is 5.93. The van der Waals surface area contributed by atoms with Gasteiger partial charge in [-0.25, -0.2) is 4.68 Å². The number of carbonyl (C=O) groups excluding carboxylic acids is 1. The number of benzene rings is 1. The van der Waals surface area contributed by atoms with E-state index in [-0.39, 0.29) is 11.9 Å². The lowest BCUT2D eigenvalue weighted by Gasteiger charge is -2.26. The second kappa shape index (κ2) is 7.19. The molecule has 2 aromatic rings. The van der Waals surface area contributed by atoms with Crippen molar-refractivity contribution in [1.29, 1.82) is 0 Å². The van der Waals surface area contributed by atoms with Gasteiger partial charge in [0.05, 0.1) is 17.8 Å². The number of rotatable bonds is 3. The summed E-state index contributed by atoms with van der Waals surface area (Å²) in [7, 11) is 0. The van der Waals surface area contributed by atoms with Crippen molar-refractivity contribution in [2.45, 2.75) is 51.6 Å². The first-order valence-corrected chi connectivity index (χ1v) is 9.66. The highest BCUT2D eigenvalue weighted by Gasteiger charge is 2.34. The molecule has 4 rings (SSSR count). The van der Waals surface area contributed by atoms with Gasteiger partial charge >= 0.3 is 0 Å². The first-order valence-electron chi connectivity index (χ1n) is 9.66. The van der Waals surface area contributed by atoms with Gasteiger partial charge in [-0.3, -0.25) is 4.79 Å². The minimum absolute atomic E-state index is 0.0217. The van der Waals surface area contributed by atoms with Crippen molar-refractivity contribution in [2.24, 2.45) is 0 Å². The van der Waals surface area contributed by atoms with Crippen LogP contribution in [0, 0.1) is 13.8 Å². The standard InChI is InChI=1S/C20H27N5O/c1-14-6-3-4-7-17(14)18-8-5-13-24(18)20(26)19-15(2)25(23-22-19)16-9-11-21-12-10-16/h3-4,6-7,16,18,21H,5,8-13H2,1-2H3. The molecule has 0 aliphatic carbocycles. The Bertz CT molecular complexity index is 793. The Balaban J connectivity index is 1.59. The second-order valence-corrected chi connectivity index (χ2v) is 7.46. The molecule has 1 amide bonds. The van der Waals surface area contributed by atoms with Crippen LogP contribution in [0.25, 0.3) is 0 Å². The van der Waals surface area contributed by atoms with E-state index in [0.717, 1.165) is 51.0 Å². The Morgan fingerprint density at radius 2 is 1.92 bits per heavy atom. The second-order valence-electron chi connectivity index (χ2n) is 7.46. The molecule has 2 aliphatic rings. The lowest BCUT2D eigenvalue weighted by Crippen LogP contribution is -2.32. The molecule has 138 valence electrons. The number of piperidine rings is 1. The lowest BCUT2D eigenvalue weighted by atomic mass is 9.99. The molecule has 2 fully saturated rings. The fraction of sp³-hybridized carbons (Fsp3) is 0.550. The highest BCUT2D eigenvalue weighted by Crippen LogP contribution is 2.35. The smallest absolute Gasteiger partial charge is 0.276 e. The monoisotopic (exact) mass is 353 g/mol. The molecule has 1 atom stereocenters. The molecule has 6 heteroatoms. The summed E-state index contributed by atoms with van der Waals surface area (Å²) in [5.41, 5.74) is 3.91. The molecular weight excluding hydrogens is 326 g/mol. The Morgan fingerprint density at radius 3 is 2.69 bits per heavy atom. The number of aromatic nitrogens is 3. The normalized spacial score (nSPS) is 21.3. The van der Waals surface area contributed by atoms with Gasteiger partial charge in [0.1, 0.15) is 0 Å². The van der Waals surface area contributed by atoms with E-state index in [1.165, 1.54) is 11.1 Å². The molecule has 1 aromatic carbocycles. The van der Waals surface area contributed by atoms with E-state index in [9.17, 15) is 4.79 Å². The van der Waals surface area contributed by atoms with E-state index in [4.69, 9.17) is 0 Å². The van der Waals surface area contributed by atoms with Crippen molar-refractivity contribution in [3.05, 3.63) is 46.8 Å². The van der Waals surface area contributed by atoms with Crippen molar-refractivity contribution in [3.63, 3.8) is 0 Å². The van der Waals surface area contributed by atoms with Gasteiger partial charge in [0.25, 0.3) is 5.91 Å². The van der Waals surface area contributed by atoms with Gasteiger partial charge in [-0.05, 0) is 63.7 Å². The number of nitrogens with one attached hydrogen (secondary N) is 1. The Labute approximate surface area is 154 Å². The van der Waals surface area contributed by atoms with E-state index in [0.29, 0.717) is 11.7 Å². The number of hydrogen-bond donors (Lipinski definition) is 1. The zero-order valence-electron chi connectivity index (χ0n) is 15.6. The summed E-state index contributed by atoms with van der Waals surface area (Å²) < 4.78 is 1.97. The molecule has 2 saturated heterocycles. The minimum atomic E-state index is 0.0217. The van der Waals surface area contributed by atoms with Gasteiger partial charge in [-0.2, -0.15) is 0 Å². The van der Waals surface area contributed by atoms with Crippen LogP contribution >= 0.6 is 0 Å². The number of hydrogen-bond acceptors (Lipinski definition) is 4. The van der Waals surface area contributed by atoms with Crippen LogP contribution in [0.1, 0.15) is 65.1 Å². The van der Waals surface area contributed by atoms with Gasteiger partial charge in [0.2, 0.25) is 0 Å².